The van der Waals surface area contributed by atoms with Crippen molar-refractivity contribution in [2.75, 3.05) is 4.90 Å². The van der Waals surface area contributed by atoms with Crippen molar-refractivity contribution in [3.05, 3.63) is 59.7 Å². The van der Waals surface area contributed by atoms with Crippen molar-refractivity contribution in [1.29, 1.82) is 0 Å². The molecule has 1 saturated heterocycles. The summed E-state index contributed by atoms with van der Waals surface area (Å²) in [6, 6.07) is 13.2. The number of benzene rings is 2. The first-order chi connectivity index (χ1) is 12.8. The third-order valence-electron chi connectivity index (χ3n) is 4.68. The molecule has 2 amide bonds. The Labute approximate surface area is 159 Å². The molecule has 2 aromatic rings. The minimum atomic E-state index is -3.73. The van der Waals surface area contributed by atoms with Gasteiger partial charge in [0.05, 0.1) is 10.6 Å². The van der Waals surface area contributed by atoms with E-state index < -0.39 is 10.0 Å². The van der Waals surface area contributed by atoms with Gasteiger partial charge in [0.15, 0.2) is 0 Å². The van der Waals surface area contributed by atoms with Crippen LogP contribution in [0.1, 0.15) is 43.9 Å². The highest BCUT2D eigenvalue weighted by molar-refractivity contribution is 7.89. The molecule has 0 spiro atoms. The summed E-state index contributed by atoms with van der Waals surface area (Å²) in [6.45, 7) is 3.85. The summed E-state index contributed by atoms with van der Waals surface area (Å²) in [6.07, 6.45) is 1.30. The highest BCUT2D eigenvalue weighted by atomic mass is 32.2. The van der Waals surface area contributed by atoms with Gasteiger partial charge in [-0.3, -0.25) is 14.5 Å². The number of aryl methyl sites for hydroxylation is 1. The summed E-state index contributed by atoms with van der Waals surface area (Å²) in [7, 11) is -3.73. The number of carbonyl (C=O) groups is 2. The summed E-state index contributed by atoms with van der Waals surface area (Å²) >= 11 is 0. The summed E-state index contributed by atoms with van der Waals surface area (Å²) in [5.41, 5.74) is 2.46. The number of carbonyl (C=O) groups excluding carboxylic acids is 2. The van der Waals surface area contributed by atoms with Gasteiger partial charge in [0.25, 0.3) is 0 Å². The number of anilines is 1. The standard InChI is InChI=1S/C20H22N2O4S/c1-3-15-4-6-16(7-5-15)14(2)21-27(25,26)18-10-8-17(9-11-18)22-19(23)12-13-20(22)24/h4-11,14,21H,3,12-13H2,1-2H3/t14-/m1/s1. The Hall–Kier alpha value is -2.51. The van der Waals surface area contributed by atoms with Gasteiger partial charge in [0.1, 0.15) is 0 Å². The van der Waals surface area contributed by atoms with Crippen LogP contribution in [-0.2, 0) is 26.0 Å². The van der Waals surface area contributed by atoms with Crippen LogP contribution in [0.3, 0.4) is 0 Å². The van der Waals surface area contributed by atoms with Crippen molar-refractivity contribution >= 4 is 27.5 Å². The fourth-order valence-electron chi connectivity index (χ4n) is 3.05. The van der Waals surface area contributed by atoms with E-state index in [0.717, 1.165) is 16.9 Å². The van der Waals surface area contributed by atoms with E-state index in [1.807, 2.05) is 24.3 Å². The van der Waals surface area contributed by atoms with E-state index in [4.69, 9.17) is 0 Å². The van der Waals surface area contributed by atoms with Gasteiger partial charge < -0.3 is 0 Å². The van der Waals surface area contributed by atoms with Gasteiger partial charge in [-0.05, 0) is 48.7 Å². The van der Waals surface area contributed by atoms with Gasteiger partial charge in [-0.25, -0.2) is 13.1 Å². The number of hydrogen-bond acceptors (Lipinski definition) is 4. The zero-order chi connectivity index (χ0) is 19.6. The van der Waals surface area contributed by atoms with Crippen LogP contribution in [0, 0.1) is 0 Å². The normalized spacial score (nSPS) is 16.0. The summed E-state index contributed by atoms with van der Waals surface area (Å²) in [5, 5.41) is 0. The molecule has 2 aromatic carbocycles. The van der Waals surface area contributed by atoms with Gasteiger partial charge in [0.2, 0.25) is 21.8 Å². The monoisotopic (exact) mass is 386 g/mol. The first-order valence-corrected chi connectivity index (χ1v) is 10.4. The van der Waals surface area contributed by atoms with Crippen molar-refractivity contribution in [2.45, 2.75) is 44.0 Å². The molecule has 142 valence electrons. The van der Waals surface area contributed by atoms with Crippen molar-refractivity contribution in [2.24, 2.45) is 0 Å². The lowest BCUT2D eigenvalue weighted by Crippen LogP contribution is -2.29. The Kier molecular flexibility index (Phi) is 5.43. The van der Waals surface area contributed by atoms with Crippen molar-refractivity contribution < 1.29 is 18.0 Å². The Morgan fingerprint density at radius 2 is 1.52 bits per heavy atom. The Morgan fingerprint density at radius 1 is 0.963 bits per heavy atom. The van der Waals surface area contributed by atoms with E-state index in [2.05, 4.69) is 11.6 Å². The average Bonchev–Trinajstić information content (AvgIpc) is 3.00. The molecule has 1 fully saturated rings. The lowest BCUT2D eigenvalue weighted by atomic mass is 10.1. The molecule has 3 rings (SSSR count). The number of imide groups is 1. The van der Waals surface area contributed by atoms with Gasteiger partial charge >= 0.3 is 0 Å². The maximum atomic E-state index is 12.6. The SMILES string of the molecule is CCc1ccc([C@@H](C)NS(=O)(=O)c2ccc(N3C(=O)CCC3=O)cc2)cc1. The van der Waals surface area contributed by atoms with Gasteiger partial charge in [0, 0.05) is 18.9 Å². The van der Waals surface area contributed by atoms with Crippen LogP contribution in [-0.4, -0.2) is 20.2 Å². The van der Waals surface area contributed by atoms with Crippen molar-refractivity contribution in [3.8, 4) is 0 Å². The number of amides is 2. The molecule has 0 radical (unpaired) electrons. The van der Waals surface area contributed by atoms with E-state index in [1.54, 1.807) is 6.92 Å². The number of nitrogens with zero attached hydrogens (tertiary/aromatic N) is 1. The molecule has 1 aliphatic heterocycles. The predicted octanol–water partition coefficient (Wildman–Crippen LogP) is 2.94. The molecule has 0 saturated carbocycles. The second kappa shape index (κ2) is 7.62. The molecule has 0 aliphatic carbocycles. The number of hydrogen-bond donors (Lipinski definition) is 1. The first-order valence-electron chi connectivity index (χ1n) is 8.89. The van der Waals surface area contributed by atoms with Crippen LogP contribution in [0.15, 0.2) is 53.4 Å². The maximum Gasteiger partial charge on any atom is 0.241 e. The minimum Gasteiger partial charge on any atom is -0.274 e. The predicted molar refractivity (Wildman–Crippen MR) is 103 cm³/mol. The molecular weight excluding hydrogens is 364 g/mol. The third kappa shape index (κ3) is 4.09. The van der Waals surface area contributed by atoms with E-state index in [0.29, 0.717) is 5.69 Å². The third-order valence-corrected chi connectivity index (χ3v) is 6.23. The van der Waals surface area contributed by atoms with Crippen molar-refractivity contribution in [3.63, 3.8) is 0 Å². The highest BCUT2D eigenvalue weighted by Crippen LogP contribution is 2.25. The van der Waals surface area contributed by atoms with Crippen LogP contribution in [0.4, 0.5) is 5.69 Å². The second-order valence-corrected chi connectivity index (χ2v) is 8.27. The first kappa shape index (κ1) is 19.3. The zero-order valence-corrected chi connectivity index (χ0v) is 16.1. The topological polar surface area (TPSA) is 83.6 Å². The molecule has 1 aliphatic rings. The summed E-state index contributed by atoms with van der Waals surface area (Å²) in [5.74, 6) is -0.532. The molecule has 0 unspecified atom stereocenters. The number of nitrogens with one attached hydrogen (secondary N) is 1. The zero-order valence-electron chi connectivity index (χ0n) is 15.3. The average molecular weight is 386 g/mol. The Bertz CT molecular complexity index is 934. The van der Waals surface area contributed by atoms with E-state index >= 15 is 0 Å². The van der Waals surface area contributed by atoms with Crippen LogP contribution in [0.25, 0.3) is 0 Å². The lowest BCUT2D eigenvalue weighted by Gasteiger charge is -2.17. The molecule has 0 bridgehead atoms. The van der Waals surface area contributed by atoms with Crippen molar-refractivity contribution in [1.82, 2.24) is 4.72 Å². The van der Waals surface area contributed by atoms with E-state index in [1.165, 1.54) is 29.8 Å². The van der Waals surface area contributed by atoms with Crippen LogP contribution in [0.2, 0.25) is 0 Å². The number of sulfonamides is 1. The largest absolute Gasteiger partial charge is 0.274 e. The van der Waals surface area contributed by atoms with Gasteiger partial charge in [-0.15, -0.1) is 0 Å². The fourth-order valence-corrected chi connectivity index (χ4v) is 4.28. The van der Waals surface area contributed by atoms with Crippen LogP contribution >= 0.6 is 0 Å². The maximum absolute atomic E-state index is 12.6. The minimum absolute atomic E-state index is 0.0855. The Morgan fingerprint density at radius 3 is 2.04 bits per heavy atom. The second-order valence-electron chi connectivity index (χ2n) is 6.55. The fraction of sp³-hybridized carbons (Fsp3) is 0.300. The van der Waals surface area contributed by atoms with Crippen LogP contribution < -0.4 is 9.62 Å². The molecule has 7 heteroatoms. The highest BCUT2D eigenvalue weighted by Gasteiger charge is 2.30. The lowest BCUT2D eigenvalue weighted by molar-refractivity contribution is -0.121. The molecule has 0 aromatic heterocycles. The van der Waals surface area contributed by atoms with Crippen LogP contribution in [0.5, 0.6) is 0 Å². The smallest absolute Gasteiger partial charge is 0.241 e. The molecule has 1 heterocycles. The molecule has 1 N–H and O–H groups in total. The summed E-state index contributed by atoms with van der Waals surface area (Å²) in [4.78, 5) is 24.8. The molecule has 6 nitrogen and oxygen atoms in total. The summed E-state index contributed by atoms with van der Waals surface area (Å²) < 4.78 is 27.9. The molecular formula is C20H22N2O4S. The quantitative estimate of drug-likeness (QED) is 0.774. The molecule has 1 atom stereocenters. The van der Waals surface area contributed by atoms with E-state index in [-0.39, 0.29) is 35.6 Å². The van der Waals surface area contributed by atoms with Gasteiger partial charge in [-0.1, -0.05) is 31.2 Å². The molecule has 27 heavy (non-hydrogen) atoms. The Balaban J connectivity index is 1.76. The van der Waals surface area contributed by atoms with E-state index in [9.17, 15) is 18.0 Å². The number of rotatable bonds is 6. The van der Waals surface area contributed by atoms with Gasteiger partial charge in [-0.2, -0.15) is 0 Å².